The van der Waals surface area contributed by atoms with Crippen LogP contribution < -0.4 is 20.3 Å². The van der Waals surface area contributed by atoms with Crippen molar-refractivity contribution in [3.8, 4) is 11.5 Å². The van der Waals surface area contributed by atoms with Gasteiger partial charge in [0.2, 0.25) is 12.7 Å². The number of carbonyl (C=O) groups excluding carboxylic acids is 1. The first-order chi connectivity index (χ1) is 12.5. The van der Waals surface area contributed by atoms with Gasteiger partial charge in [0.05, 0.1) is 5.25 Å². The van der Waals surface area contributed by atoms with Crippen molar-refractivity contribution in [3.05, 3.63) is 45.9 Å². The Labute approximate surface area is 155 Å². The van der Waals surface area contributed by atoms with Gasteiger partial charge in [0.25, 0.3) is 5.56 Å². The number of fused-ring (bicyclic) bond motifs is 1. The van der Waals surface area contributed by atoms with Crippen LogP contribution in [0.4, 0.5) is 0 Å². The van der Waals surface area contributed by atoms with E-state index in [0.29, 0.717) is 23.2 Å². The lowest BCUT2D eigenvalue weighted by Gasteiger charge is -2.12. The van der Waals surface area contributed by atoms with Gasteiger partial charge in [-0.05, 0) is 31.0 Å². The van der Waals surface area contributed by atoms with E-state index < -0.39 is 0 Å². The molecule has 8 heteroatoms. The van der Waals surface area contributed by atoms with E-state index in [2.05, 4.69) is 15.3 Å². The molecule has 0 bridgehead atoms. The number of aromatic nitrogens is 2. The minimum Gasteiger partial charge on any atom is -0.454 e. The Hall–Kier alpha value is -2.48. The van der Waals surface area contributed by atoms with E-state index in [-0.39, 0.29) is 23.5 Å². The highest BCUT2D eigenvalue weighted by molar-refractivity contribution is 8.00. The second-order valence-corrected chi connectivity index (χ2v) is 7.29. The number of rotatable bonds is 7. The summed E-state index contributed by atoms with van der Waals surface area (Å²) in [6, 6.07) is 7.07. The fraction of sp³-hybridized carbons (Fsp3) is 0.389. The molecular formula is C18H21N3O4S. The van der Waals surface area contributed by atoms with Crippen LogP contribution in [0.15, 0.2) is 34.2 Å². The van der Waals surface area contributed by atoms with Gasteiger partial charge in [-0.3, -0.25) is 9.59 Å². The highest BCUT2D eigenvalue weighted by atomic mass is 32.2. The van der Waals surface area contributed by atoms with Crippen molar-refractivity contribution in [2.24, 2.45) is 0 Å². The highest BCUT2D eigenvalue weighted by Crippen LogP contribution is 2.32. The van der Waals surface area contributed by atoms with Crippen molar-refractivity contribution in [1.82, 2.24) is 15.3 Å². The van der Waals surface area contributed by atoms with Gasteiger partial charge >= 0.3 is 0 Å². The van der Waals surface area contributed by atoms with Crippen LogP contribution in [0.2, 0.25) is 0 Å². The number of nitrogens with zero attached hydrogens (tertiary/aromatic N) is 1. The number of H-pyrrole nitrogens is 1. The molecule has 2 heterocycles. The Kier molecular flexibility index (Phi) is 5.82. The first-order valence-electron chi connectivity index (χ1n) is 8.48. The summed E-state index contributed by atoms with van der Waals surface area (Å²) in [6.45, 7) is 4.43. The van der Waals surface area contributed by atoms with Gasteiger partial charge in [0, 0.05) is 18.3 Å². The summed E-state index contributed by atoms with van der Waals surface area (Å²) in [5.41, 5.74) is 1.47. The zero-order valence-electron chi connectivity index (χ0n) is 14.7. The number of carbonyl (C=O) groups is 1. The smallest absolute Gasteiger partial charge is 0.251 e. The minimum atomic E-state index is -0.385. The molecular weight excluding hydrogens is 354 g/mol. The lowest BCUT2D eigenvalue weighted by Crippen LogP contribution is -2.30. The normalized spacial score (nSPS) is 13.5. The number of ether oxygens (including phenoxy) is 2. The number of aryl methyl sites for hydroxylation is 1. The van der Waals surface area contributed by atoms with E-state index in [4.69, 9.17) is 9.47 Å². The van der Waals surface area contributed by atoms with Crippen LogP contribution in [-0.2, 0) is 17.8 Å². The highest BCUT2D eigenvalue weighted by Gasteiger charge is 2.17. The maximum absolute atomic E-state index is 12.3. The molecule has 0 unspecified atom stereocenters. The number of thioether (sulfide) groups is 1. The van der Waals surface area contributed by atoms with Crippen molar-refractivity contribution in [3.63, 3.8) is 0 Å². The molecule has 0 aliphatic carbocycles. The molecule has 2 aromatic rings. The zero-order chi connectivity index (χ0) is 18.5. The summed E-state index contributed by atoms with van der Waals surface area (Å²) in [5, 5.41) is 2.97. The summed E-state index contributed by atoms with van der Waals surface area (Å²) < 4.78 is 10.6. The van der Waals surface area contributed by atoms with Crippen LogP contribution in [0.25, 0.3) is 0 Å². The number of hydrogen-bond donors (Lipinski definition) is 2. The Morgan fingerprint density at radius 2 is 2.15 bits per heavy atom. The predicted molar refractivity (Wildman–Crippen MR) is 98.6 cm³/mol. The Morgan fingerprint density at radius 3 is 2.96 bits per heavy atom. The second kappa shape index (κ2) is 8.27. The molecule has 0 saturated carbocycles. The molecule has 7 nitrogen and oxygen atoms in total. The largest absolute Gasteiger partial charge is 0.454 e. The first-order valence-corrected chi connectivity index (χ1v) is 9.36. The summed E-state index contributed by atoms with van der Waals surface area (Å²) in [5.74, 6) is 1.27. The quantitative estimate of drug-likeness (QED) is 0.569. The minimum absolute atomic E-state index is 0.129. The molecule has 1 aliphatic rings. The Balaban J connectivity index is 1.57. The van der Waals surface area contributed by atoms with Gasteiger partial charge in [-0.2, -0.15) is 0 Å². The fourth-order valence-corrected chi connectivity index (χ4v) is 3.38. The Bertz CT molecular complexity index is 853. The van der Waals surface area contributed by atoms with Gasteiger partial charge in [-0.1, -0.05) is 31.2 Å². The summed E-state index contributed by atoms with van der Waals surface area (Å²) in [4.78, 5) is 31.1. The first kappa shape index (κ1) is 18.3. The molecule has 0 radical (unpaired) electrons. The molecule has 1 aromatic heterocycles. The third-order valence-corrected chi connectivity index (χ3v) is 4.82. The van der Waals surface area contributed by atoms with Crippen LogP contribution in [0, 0.1) is 0 Å². The van der Waals surface area contributed by atoms with Crippen LogP contribution in [-0.4, -0.2) is 27.9 Å². The molecule has 3 rings (SSSR count). The molecule has 0 spiro atoms. The van der Waals surface area contributed by atoms with E-state index in [1.165, 1.54) is 17.8 Å². The monoisotopic (exact) mass is 375 g/mol. The van der Waals surface area contributed by atoms with E-state index in [1.807, 2.05) is 25.1 Å². The van der Waals surface area contributed by atoms with Gasteiger partial charge in [-0.25, -0.2) is 4.98 Å². The van der Waals surface area contributed by atoms with Crippen molar-refractivity contribution in [2.45, 2.75) is 43.6 Å². The molecule has 1 atom stereocenters. The molecule has 138 valence electrons. The third kappa shape index (κ3) is 4.57. The Morgan fingerprint density at radius 1 is 1.35 bits per heavy atom. The van der Waals surface area contributed by atoms with Gasteiger partial charge in [0.15, 0.2) is 16.7 Å². The number of nitrogens with one attached hydrogen (secondary N) is 2. The molecule has 0 saturated heterocycles. The number of hydrogen-bond acceptors (Lipinski definition) is 6. The van der Waals surface area contributed by atoms with E-state index in [9.17, 15) is 9.59 Å². The lowest BCUT2D eigenvalue weighted by atomic mass is 10.2. The van der Waals surface area contributed by atoms with Crippen molar-refractivity contribution < 1.29 is 14.3 Å². The third-order valence-electron chi connectivity index (χ3n) is 3.84. The topological polar surface area (TPSA) is 93.3 Å². The number of benzene rings is 1. The average molecular weight is 375 g/mol. The molecule has 1 aliphatic heterocycles. The SMILES string of the molecule is CCCc1cc(=O)[nH]c(S[C@@H](C)C(=O)NCc2ccc3c(c2)OCO3)n1. The van der Waals surface area contributed by atoms with Crippen LogP contribution in [0.3, 0.4) is 0 Å². The van der Waals surface area contributed by atoms with E-state index in [0.717, 1.165) is 24.1 Å². The lowest BCUT2D eigenvalue weighted by molar-refractivity contribution is -0.120. The van der Waals surface area contributed by atoms with Crippen LogP contribution in [0.1, 0.15) is 31.5 Å². The standard InChI is InChI=1S/C18H21N3O4S/c1-3-4-13-8-16(22)21-18(20-13)26-11(2)17(23)19-9-12-5-6-14-15(7-12)25-10-24-14/h5-8,11H,3-4,9-10H2,1-2H3,(H,19,23)(H,20,21,22)/t11-/m0/s1. The van der Waals surface area contributed by atoms with Crippen LogP contribution >= 0.6 is 11.8 Å². The van der Waals surface area contributed by atoms with Crippen molar-refractivity contribution in [1.29, 1.82) is 0 Å². The second-order valence-electron chi connectivity index (χ2n) is 5.96. The van der Waals surface area contributed by atoms with Gasteiger partial charge < -0.3 is 19.8 Å². The molecule has 2 N–H and O–H groups in total. The molecule has 1 amide bonds. The number of aromatic amines is 1. The number of amides is 1. The predicted octanol–water partition coefficient (Wildman–Crippen LogP) is 2.25. The van der Waals surface area contributed by atoms with E-state index in [1.54, 1.807) is 6.92 Å². The van der Waals surface area contributed by atoms with Gasteiger partial charge in [-0.15, -0.1) is 0 Å². The van der Waals surface area contributed by atoms with Crippen LogP contribution in [0.5, 0.6) is 11.5 Å². The summed E-state index contributed by atoms with van der Waals surface area (Å²) in [7, 11) is 0. The molecule has 0 fully saturated rings. The summed E-state index contributed by atoms with van der Waals surface area (Å²) in [6.07, 6.45) is 1.65. The fourth-order valence-electron chi connectivity index (χ4n) is 2.53. The average Bonchev–Trinajstić information content (AvgIpc) is 3.07. The van der Waals surface area contributed by atoms with Gasteiger partial charge in [0.1, 0.15) is 0 Å². The zero-order valence-corrected chi connectivity index (χ0v) is 15.5. The molecule has 1 aromatic carbocycles. The maximum atomic E-state index is 12.3. The maximum Gasteiger partial charge on any atom is 0.251 e. The van der Waals surface area contributed by atoms with E-state index >= 15 is 0 Å². The molecule has 26 heavy (non-hydrogen) atoms. The van der Waals surface area contributed by atoms with Crippen molar-refractivity contribution in [2.75, 3.05) is 6.79 Å². The van der Waals surface area contributed by atoms with Crippen molar-refractivity contribution >= 4 is 17.7 Å². The summed E-state index contributed by atoms with van der Waals surface area (Å²) >= 11 is 1.24.